The van der Waals surface area contributed by atoms with Gasteiger partial charge in [-0.2, -0.15) is 4.98 Å². The highest BCUT2D eigenvalue weighted by atomic mass is 19.1. The van der Waals surface area contributed by atoms with Crippen LogP contribution in [0, 0.1) is 0 Å². The summed E-state index contributed by atoms with van der Waals surface area (Å²) in [6.45, 7) is 0.395. The summed E-state index contributed by atoms with van der Waals surface area (Å²) in [5.41, 5.74) is 0. The van der Waals surface area contributed by atoms with Crippen LogP contribution in [0.2, 0.25) is 0 Å². The fourth-order valence-electron chi connectivity index (χ4n) is 1.78. The van der Waals surface area contributed by atoms with Crippen LogP contribution in [-0.4, -0.2) is 22.9 Å². The molecule has 1 saturated carbocycles. The third-order valence-electron chi connectivity index (χ3n) is 2.78. The van der Waals surface area contributed by atoms with Crippen LogP contribution in [-0.2, 0) is 0 Å². The lowest BCUT2D eigenvalue weighted by Gasteiger charge is -2.00. The minimum atomic E-state index is -0.781. The third-order valence-corrected chi connectivity index (χ3v) is 2.78. The van der Waals surface area contributed by atoms with Gasteiger partial charge >= 0.3 is 0 Å². The van der Waals surface area contributed by atoms with Gasteiger partial charge in [0.25, 0.3) is 0 Å². The van der Waals surface area contributed by atoms with Crippen LogP contribution >= 0.6 is 0 Å². The zero-order valence-corrected chi connectivity index (χ0v) is 7.74. The number of alkyl halides is 1. The molecule has 2 fully saturated rings. The molecule has 1 aromatic heterocycles. The Morgan fingerprint density at radius 1 is 1.43 bits per heavy atom. The van der Waals surface area contributed by atoms with Crippen LogP contribution < -0.4 is 5.32 Å². The van der Waals surface area contributed by atoms with Crippen molar-refractivity contribution in [3.8, 4) is 0 Å². The number of hydrogen-bond donors (Lipinski definition) is 1. The summed E-state index contributed by atoms with van der Waals surface area (Å²) in [5, 5.41) is 6.92. The molecular weight excluding hydrogens is 185 g/mol. The van der Waals surface area contributed by atoms with E-state index in [1.165, 1.54) is 0 Å². The fourth-order valence-corrected chi connectivity index (χ4v) is 1.78. The summed E-state index contributed by atoms with van der Waals surface area (Å²) in [6.07, 6.45) is 1.98. The van der Waals surface area contributed by atoms with Gasteiger partial charge in [0.1, 0.15) is 6.17 Å². The molecule has 2 atom stereocenters. The van der Waals surface area contributed by atoms with Gasteiger partial charge in [-0.25, -0.2) is 4.39 Å². The average molecular weight is 197 g/mol. The minimum Gasteiger partial charge on any atom is -0.338 e. The second-order valence-electron chi connectivity index (χ2n) is 4.06. The fraction of sp³-hybridized carbons (Fsp3) is 0.778. The second kappa shape index (κ2) is 3.02. The van der Waals surface area contributed by atoms with Crippen molar-refractivity contribution in [3.05, 3.63) is 11.7 Å². The van der Waals surface area contributed by atoms with Gasteiger partial charge in [0.15, 0.2) is 5.82 Å². The molecule has 5 heteroatoms. The summed E-state index contributed by atoms with van der Waals surface area (Å²) >= 11 is 0. The maximum Gasteiger partial charge on any atom is 0.243 e. The van der Waals surface area contributed by atoms with E-state index in [9.17, 15) is 4.39 Å². The quantitative estimate of drug-likeness (QED) is 0.776. The van der Waals surface area contributed by atoms with Gasteiger partial charge < -0.3 is 9.84 Å². The average Bonchev–Trinajstić information content (AvgIpc) is 2.76. The smallest absolute Gasteiger partial charge is 0.243 e. The molecule has 1 aliphatic carbocycles. The number of nitrogens with one attached hydrogen (secondary N) is 1. The number of hydrogen-bond acceptors (Lipinski definition) is 4. The molecule has 76 valence electrons. The molecule has 2 heterocycles. The summed E-state index contributed by atoms with van der Waals surface area (Å²) in [4.78, 5) is 4.28. The van der Waals surface area contributed by atoms with E-state index in [1.807, 2.05) is 0 Å². The second-order valence-corrected chi connectivity index (χ2v) is 4.06. The van der Waals surface area contributed by atoms with Gasteiger partial charge in [-0.3, -0.25) is 0 Å². The SMILES string of the molecule is F[C@@H]1CN[C@H](c2nc(C3CC3)no2)C1. The maximum atomic E-state index is 12.9. The predicted octanol–water partition coefficient (Wildman–Crippen LogP) is 1.32. The largest absolute Gasteiger partial charge is 0.338 e. The summed E-state index contributed by atoms with van der Waals surface area (Å²) < 4.78 is 18.0. The van der Waals surface area contributed by atoms with Crippen molar-refractivity contribution in [2.24, 2.45) is 0 Å². The molecule has 0 spiro atoms. The van der Waals surface area contributed by atoms with Crippen LogP contribution in [0.15, 0.2) is 4.52 Å². The highest BCUT2D eigenvalue weighted by Crippen LogP contribution is 2.38. The van der Waals surface area contributed by atoms with E-state index >= 15 is 0 Å². The minimum absolute atomic E-state index is 0.0787. The van der Waals surface area contributed by atoms with Crippen LogP contribution in [0.4, 0.5) is 4.39 Å². The van der Waals surface area contributed by atoms with E-state index in [-0.39, 0.29) is 6.04 Å². The first-order valence-electron chi connectivity index (χ1n) is 5.04. The number of rotatable bonds is 2. The number of nitrogens with zero attached hydrogens (tertiary/aromatic N) is 2. The van der Waals surface area contributed by atoms with Crippen molar-refractivity contribution >= 4 is 0 Å². The van der Waals surface area contributed by atoms with Crippen LogP contribution in [0.1, 0.15) is 42.9 Å². The summed E-state index contributed by atoms with van der Waals surface area (Å²) in [5.74, 6) is 1.84. The van der Waals surface area contributed by atoms with Gasteiger partial charge in [0.2, 0.25) is 5.89 Å². The van der Waals surface area contributed by atoms with Crippen molar-refractivity contribution in [1.29, 1.82) is 0 Å². The van der Waals surface area contributed by atoms with Gasteiger partial charge in [0.05, 0.1) is 6.04 Å². The Balaban J connectivity index is 1.75. The lowest BCUT2D eigenvalue weighted by molar-refractivity contribution is 0.322. The first-order valence-corrected chi connectivity index (χ1v) is 5.04. The lowest BCUT2D eigenvalue weighted by atomic mass is 10.2. The van der Waals surface area contributed by atoms with Crippen LogP contribution in [0.5, 0.6) is 0 Å². The molecule has 0 unspecified atom stereocenters. The monoisotopic (exact) mass is 197 g/mol. The highest BCUT2D eigenvalue weighted by Gasteiger charge is 2.33. The Kier molecular flexibility index (Phi) is 1.80. The van der Waals surface area contributed by atoms with E-state index in [2.05, 4.69) is 15.5 Å². The van der Waals surface area contributed by atoms with Crippen molar-refractivity contribution in [2.45, 2.75) is 37.4 Å². The molecule has 1 N–H and O–H groups in total. The maximum absolute atomic E-state index is 12.9. The van der Waals surface area contributed by atoms with E-state index < -0.39 is 6.17 Å². The molecule has 4 nitrogen and oxygen atoms in total. The molecule has 1 aromatic rings. The van der Waals surface area contributed by atoms with Gasteiger partial charge in [0, 0.05) is 18.9 Å². The van der Waals surface area contributed by atoms with Gasteiger partial charge in [-0.15, -0.1) is 0 Å². The first kappa shape index (κ1) is 8.35. The molecule has 14 heavy (non-hydrogen) atoms. The van der Waals surface area contributed by atoms with Crippen LogP contribution in [0.25, 0.3) is 0 Å². The van der Waals surface area contributed by atoms with E-state index in [4.69, 9.17) is 4.52 Å². The Hall–Kier alpha value is -0.970. The lowest BCUT2D eigenvalue weighted by Crippen LogP contribution is -2.14. The van der Waals surface area contributed by atoms with Crippen molar-refractivity contribution < 1.29 is 8.91 Å². The first-order chi connectivity index (χ1) is 6.83. The zero-order valence-electron chi connectivity index (χ0n) is 7.74. The van der Waals surface area contributed by atoms with E-state index in [0.29, 0.717) is 24.8 Å². The normalized spacial score (nSPS) is 32.4. The Morgan fingerprint density at radius 2 is 2.29 bits per heavy atom. The molecule has 0 radical (unpaired) electrons. The number of aromatic nitrogens is 2. The molecule has 2 aliphatic rings. The van der Waals surface area contributed by atoms with E-state index in [1.54, 1.807) is 0 Å². The van der Waals surface area contributed by atoms with Gasteiger partial charge in [-0.1, -0.05) is 5.16 Å². The number of halogens is 1. The Bertz CT molecular complexity index is 337. The summed E-state index contributed by atoms with van der Waals surface area (Å²) in [7, 11) is 0. The van der Waals surface area contributed by atoms with Crippen LogP contribution in [0.3, 0.4) is 0 Å². The highest BCUT2D eigenvalue weighted by molar-refractivity contribution is 5.06. The Labute approximate surface area is 80.9 Å². The molecular formula is C9H12FN3O. The molecule has 0 bridgehead atoms. The van der Waals surface area contributed by atoms with Crippen molar-refractivity contribution in [3.63, 3.8) is 0 Å². The van der Waals surface area contributed by atoms with E-state index in [0.717, 1.165) is 18.7 Å². The third kappa shape index (κ3) is 1.41. The Morgan fingerprint density at radius 3 is 2.93 bits per heavy atom. The molecule has 3 rings (SSSR count). The van der Waals surface area contributed by atoms with Crippen molar-refractivity contribution in [2.75, 3.05) is 6.54 Å². The van der Waals surface area contributed by atoms with Gasteiger partial charge in [-0.05, 0) is 12.8 Å². The predicted molar refractivity (Wildman–Crippen MR) is 46.5 cm³/mol. The van der Waals surface area contributed by atoms with Crippen molar-refractivity contribution in [1.82, 2.24) is 15.5 Å². The zero-order chi connectivity index (χ0) is 9.54. The molecule has 0 aromatic carbocycles. The molecule has 1 aliphatic heterocycles. The standard InChI is InChI=1S/C9H12FN3O/c10-6-3-7(11-4-6)9-12-8(13-14-9)5-1-2-5/h5-7,11H,1-4H2/t6-,7-/m0/s1. The molecule has 1 saturated heterocycles. The summed E-state index contributed by atoms with van der Waals surface area (Å²) in [6, 6.07) is -0.0787. The molecule has 0 amide bonds. The topological polar surface area (TPSA) is 51.0 Å².